The van der Waals surface area contributed by atoms with E-state index >= 15 is 0 Å². The Labute approximate surface area is 89.3 Å². The fourth-order valence-electron chi connectivity index (χ4n) is 0.945. The maximum atomic E-state index is 9.35. The summed E-state index contributed by atoms with van der Waals surface area (Å²) in [6.07, 6.45) is 0. The number of benzene rings is 1. The average Bonchev–Trinajstić information content (AvgIpc) is 2.13. The van der Waals surface area contributed by atoms with Gasteiger partial charge in [-0.05, 0) is 26.0 Å². The molecule has 0 aliphatic carbocycles. The molecule has 0 saturated heterocycles. The molecule has 0 bridgehead atoms. The minimum absolute atomic E-state index is 0.0857. The van der Waals surface area contributed by atoms with Gasteiger partial charge in [0.15, 0.2) is 11.5 Å². The first-order chi connectivity index (χ1) is 6.99. The zero-order valence-corrected chi connectivity index (χ0v) is 8.82. The van der Waals surface area contributed by atoms with Crippen LogP contribution >= 0.6 is 0 Å². The molecule has 0 aliphatic rings. The van der Waals surface area contributed by atoms with Gasteiger partial charge in [-0.1, -0.05) is 24.0 Å². The Morgan fingerprint density at radius 1 is 1.33 bits per heavy atom. The van der Waals surface area contributed by atoms with Crippen LogP contribution in [-0.4, -0.2) is 22.4 Å². The first kappa shape index (κ1) is 11.4. The fourth-order valence-corrected chi connectivity index (χ4v) is 0.945. The van der Waals surface area contributed by atoms with E-state index in [0.29, 0.717) is 5.75 Å². The quantitative estimate of drug-likeness (QED) is 0.722. The van der Waals surface area contributed by atoms with Crippen molar-refractivity contribution in [3.05, 3.63) is 24.3 Å². The van der Waals surface area contributed by atoms with E-state index < -0.39 is 5.60 Å². The third kappa shape index (κ3) is 4.39. The summed E-state index contributed by atoms with van der Waals surface area (Å²) in [6.45, 7) is 3.33. The number of hydrogen-bond acceptors (Lipinski definition) is 3. The van der Waals surface area contributed by atoms with Crippen molar-refractivity contribution in [2.75, 3.05) is 6.61 Å². The van der Waals surface area contributed by atoms with Crippen LogP contribution in [-0.2, 0) is 0 Å². The van der Waals surface area contributed by atoms with Gasteiger partial charge < -0.3 is 14.9 Å². The van der Waals surface area contributed by atoms with Crippen LogP contribution in [0.25, 0.3) is 0 Å². The second-order valence-corrected chi connectivity index (χ2v) is 3.62. The Kier molecular flexibility index (Phi) is 3.59. The van der Waals surface area contributed by atoms with E-state index in [1.165, 1.54) is 0 Å². The lowest BCUT2D eigenvalue weighted by Crippen LogP contribution is -2.15. The lowest BCUT2D eigenvalue weighted by molar-refractivity contribution is 0.143. The molecule has 0 aromatic heterocycles. The third-order valence-corrected chi connectivity index (χ3v) is 1.56. The molecule has 0 spiro atoms. The molecule has 1 aromatic rings. The molecule has 3 heteroatoms. The molecule has 0 saturated carbocycles. The van der Waals surface area contributed by atoms with E-state index in [4.69, 9.17) is 4.74 Å². The van der Waals surface area contributed by atoms with Crippen molar-refractivity contribution in [3.8, 4) is 23.3 Å². The second kappa shape index (κ2) is 4.72. The number of para-hydroxylation sites is 2. The Balaban J connectivity index is 2.51. The normalized spacial score (nSPS) is 10.3. The maximum absolute atomic E-state index is 9.35. The van der Waals surface area contributed by atoms with E-state index in [0.717, 1.165) is 0 Å². The Hall–Kier alpha value is -1.66. The molecule has 1 aromatic carbocycles. The number of rotatable bonds is 2. The van der Waals surface area contributed by atoms with Crippen LogP contribution in [0.2, 0.25) is 0 Å². The zero-order valence-electron chi connectivity index (χ0n) is 8.82. The highest BCUT2D eigenvalue weighted by Gasteiger charge is 2.05. The Morgan fingerprint density at radius 3 is 2.60 bits per heavy atom. The lowest BCUT2D eigenvalue weighted by atomic mass is 10.1. The highest BCUT2D eigenvalue weighted by molar-refractivity contribution is 5.38. The van der Waals surface area contributed by atoms with Crippen LogP contribution in [0.15, 0.2) is 24.3 Å². The van der Waals surface area contributed by atoms with Crippen molar-refractivity contribution in [2.24, 2.45) is 0 Å². The number of aromatic hydroxyl groups is 1. The van der Waals surface area contributed by atoms with Crippen LogP contribution in [0.5, 0.6) is 11.5 Å². The molecule has 1 rings (SSSR count). The summed E-state index contributed by atoms with van der Waals surface area (Å²) in [6, 6.07) is 6.67. The molecule has 0 heterocycles. The van der Waals surface area contributed by atoms with Crippen molar-refractivity contribution in [1.82, 2.24) is 0 Å². The van der Waals surface area contributed by atoms with Crippen molar-refractivity contribution < 1.29 is 14.9 Å². The van der Waals surface area contributed by atoms with Gasteiger partial charge in [0.2, 0.25) is 0 Å². The van der Waals surface area contributed by atoms with Crippen molar-refractivity contribution >= 4 is 0 Å². The van der Waals surface area contributed by atoms with Crippen molar-refractivity contribution in [3.63, 3.8) is 0 Å². The van der Waals surface area contributed by atoms with Crippen LogP contribution in [0.1, 0.15) is 13.8 Å². The molecule has 0 fully saturated rings. The van der Waals surface area contributed by atoms with Crippen LogP contribution in [0, 0.1) is 11.8 Å². The van der Waals surface area contributed by atoms with E-state index in [1.54, 1.807) is 38.1 Å². The van der Waals surface area contributed by atoms with Crippen molar-refractivity contribution in [2.45, 2.75) is 19.4 Å². The summed E-state index contributed by atoms with van der Waals surface area (Å²) in [5.74, 6) is 5.76. The SMILES string of the molecule is CC(C)(O)C#CCOc1ccccc1O. The molecule has 0 aliphatic heterocycles. The lowest BCUT2D eigenvalue weighted by Gasteiger charge is -2.07. The van der Waals surface area contributed by atoms with E-state index in [9.17, 15) is 10.2 Å². The Bertz CT molecular complexity index is 380. The van der Waals surface area contributed by atoms with Gasteiger partial charge in [0.25, 0.3) is 0 Å². The predicted molar refractivity (Wildman–Crippen MR) is 57.7 cm³/mol. The maximum Gasteiger partial charge on any atom is 0.162 e. The standard InChI is InChI=1S/C12H14O3/c1-12(2,14)8-5-9-15-11-7-4-3-6-10(11)13/h3-4,6-7,13-14H,9H2,1-2H3. The van der Waals surface area contributed by atoms with E-state index in [1.807, 2.05) is 0 Å². The van der Waals surface area contributed by atoms with Crippen LogP contribution in [0.3, 0.4) is 0 Å². The smallest absolute Gasteiger partial charge is 0.162 e. The summed E-state index contributed by atoms with van der Waals surface area (Å²) in [5, 5.41) is 18.6. The van der Waals surface area contributed by atoms with Gasteiger partial charge in [-0.2, -0.15) is 0 Å². The fraction of sp³-hybridized carbons (Fsp3) is 0.333. The summed E-state index contributed by atoms with van der Waals surface area (Å²) in [4.78, 5) is 0. The number of phenolic OH excluding ortho intramolecular Hbond substituents is 1. The largest absolute Gasteiger partial charge is 0.504 e. The molecular weight excluding hydrogens is 192 g/mol. The number of ether oxygens (including phenoxy) is 1. The first-order valence-corrected chi connectivity index (χ1v) is 4.62. The molecule has 3 nitrogen and oxygen atoms in total. The molecule has 15 heavy (non-hydrogen) atoms. The molecule has 0 amide bonds. The van der Waals surface area contributed by atoms with Crippen LogP contribution < -0.4 is 4.74 Å². The van der Waals surface area contributed by atoms with Gasteiger partial charge in [-0.15, -0.1) is 0 Å². The molecule has 0 radical (unpaired) electrons. The van der Waals surface area contributed by atoms with Gasteiger partial charge >= 0.3 is 0 Å². The predicted octanol–water partition coefficient (Wildman–Crippen LogP) is 1.55. The topological polar surface area (TPSA) is 49.7 Å². The zero-order chi connectivity index (χ0) is 11.3. The highest BCUT2D eigenvalue weighted by atomic mass is 16.5. The van der Waals surface area contributed by atoms with Gasteiger partial charge in [0.05, 0.1) is 0 Å². The molecular formula is C12H14O3. The van der Waals surface area contributed by atoms with Gasteiger partial charge in [0.1, 0.15) is 12.2 Å². The molecule has 2 N–H and O–H groups in total. The van der Waals surface area contributed by atoms with Gasteiger partial charge in [-0.25, -0.2) is 0 Å². The van der Waals surface area contributed by atoms with Gasteiger partial charge in [-0.3, -0.25) is 0 Å². The number of aliphatic hydroxyl groups is 1. The molecule has 0 unspecified atom stereocenters. The third-order valence-electron chi connectivity index (χ3n) is 1.56. The van der Waals surface area contributed by atoms with Crippen molar-refractivity contribution in [1.29, 1.82) is 0 Å². The molecule has 0 atom stereocenters. The summed E-state index contributed by atoms with van der Waals surface area (Å²) >= 11 is 0. The Morgan fingerprint density at radius 2 is 2.00 bits per heavy atom. The van der Waals surface area contributed by atoms with E-state index in [-0.39, 0.29) is 12.4 Å². The molecule has 80 valence electrons. The average molecular weight is 206 g/mol. The second-order valence-electron chi connectivity index (χ2n) is 3.62. The van der Waals surface area contributed by atoms with Gasteiger partial charge in [0, 0.05) is 0 Å². The summed E-state index contributed by atoms with van der Waals surface area (Å²) in [7, 11) is 0. The van der Waals surface area contributed by atoms with Crippen LogP contribution in [0.4, 0.5) is 0 Å². The number of hydrogen-bond donors (Lipinski definition) is 2. The highest BCUT2D eigenvalue weighted by Crippen LogP contribution is 2.23. The minimum Gasteiger partial charge on any atom is -0.504 e. The number of phenols is 1. The van der Waals surface area contributed by atoms with E-state index in [2.05, 4.69) is 11.8 Å². The minimum atomic E-state index is -1.01. The summed E-state index contributed by atoms with van der Waals surface area (Å²) < 4.78 is 5.20. The monoisotopic (exact) mass is 206 g/mol. The summed E-state index contributed by atoms with van der Waals surface area (Å²) in [5.41, 5.74) is -1.01. The first-order valence-electron chi connectivity index (χ1n) is 4.62.